The van der Waals surface area contributed by atoms with E-state index in [-0.39, 0.29) is 6.10 Å². The highest BCUT2D eigenvalue weighted by molar-refractivity contribution is 7.09. The Morgan fingerprint density at radius 2 is 2.46 bits per heavy atom. The molecule has 3 heteroatoms. The minimum absolute atomic E-state index is 0.356. The molecule has 1 atom stereocenters. The van der Waals surface area contributed by atoms with E-state index < -0.39 is 0 Å². The van der Waals surface area contributed by atoms with Gasteiger partial charge in [-0.15, -0.1) is 11.3 Å². The number of hydrogen-bond acceptors (Lipinski definition) is 3. The number of thiophene rings is 1. The molecular weight excluding hydrogens is 184 g/mol. The Kier molecular flexibility index (Phi) is 5.05. The summed E-state index contributed by atoms with van der Waals surface area (Å²) < 4.78 is 5.25. The molecule has 74 valence electrons. The maximum Gasteiger partial charge on any atom is 0.0821 e. The summed E-state index contributed by atoms with van der Waals surface area (Å²) >= 11 is 1.67. The van der Waals surface area contributed by atoms with E-state index in [4.69, 9.17) is 4.74 Å². The second-order valence-electron chi connectivity index (χ2n) is 3.01. The Morgan fingerprint density at radius 1 is 1.62 bits per heavy atom. The van der Waals surface area contributed by atoms with Gasteiger partial charge in [-0.1, -0.05) is 13.0 Å². The number of rotatable bonds is 6. The van der Waals surface area contributed by atoms with Gasteiger partial charge in [-0.3, -0.25) is 0 Å². The molecule has 1 unspecified atom stereocenters. The van der Waals surface area contributed by atoms with Crippen LogP contribution in [-0.2, 0) is 11.2 Å². The third-order valence-electron chi connectivity index (χ3n) is 1.68. The smallest absolute Gasteiger partial charge is 0.0821 e. The van der Waals surface area contributed by atoms with Crippen LogP contribution in [0.2, 0.25) is 0 Å². The van der Waals surface area contributed by atoms with Gasteiger partial charge < -0.3 is 9.84 Å². The van der Waals surface area contributed by atoms with Gasteiger partial charge in [0.2, 0.25) is 0 Å². The van der Waals surface area contributed by atoms with Gasteiger partial charge in [0.25, 0.3) is 0 Å². The fourth-order valence-electron chi connectivity index (χ4n) is 1.08. The lowest BCUT2D eigenvalue weighted by Gasteiger charge is -2.09. The molecule has 0 aliphatic rings. The Bertz CT molecular complexity index is 209. The second kappa shape index (κ2) is 6.13. The summed E-state index contributed by atoms with van der Waals surface area (Å²) in [6.45, 7) is 3.25. The largest absolute Gasteiger partial charge is 0.390 e. The van der Waals surface area contributed by atoms with E-state index >= 15 is 0 Å². The predicted octanol–water partition coefficient (Wildman–Crippen LogP) is 2.08. The molecule has 1 aromatic heterocycles. The van der Waals surface area contributed by atoms with Crippen molar-refractivity contribution in [2.24, 2.45) is 0 Å². The molecular formula is C10H16O2S. The van der Waals surface area contributed by atoms with E-state index in [9.17, 15) is 5.11 Å². The van der Waals surface area contributed by atoms with Crippen LogP contribution >= 0.6 is 11.3 Å². The predicted molar refractivity (Wildman–Crippen MR) is 55.1 cm³/mol. The van der Waals surface area contributed by atoms with Crippen LogP contribution < -0.4 is 0 Å². The first-order valence-corrected chi connectivity index (χ1v) is 5.49. The third-order valence-corrected chi connectivity index (χ3v) is 2.57. The molecule has 0 radical (unpaired) electrons. The molecule has 1 N–H and O–H groups in total. The SMILES string of the molecule is CCCOCC(O)Cc1cccs1. The Balaban J connectivity index is 2.14. The summed E-state index contributed by atoms with van der Waals surface area (Å²) in [5.74, 6) is 0. The molecule has 0 aliphatic heterocycles. The number of aliphatic hydroxyl groups excluding tert-OH is 1. The van der Waals surface area contributed by atoms with Crippen LogP contribution in [0.5, 0.6) is 0 Å². The molecule has 0 aromatic carbocycles. The van der Waals surface area contributed by atoms with Gasteiger partial charge in [0.15, 0.2) is 0 Å². The molecule has 0 bridgehead atoms. The second-order valence-corrected chi connectivity index (χ2v) is 4.04. The average molecular weight is 200 g/mol. The van der Waals surface area contributed by atoms with Crippen molar-refractivity contribution in [2.75, 3.05) is 13.2 Å². The van der Waals surface area contributed by atoms with E-state index in [0.717, 1.165) is 13.0 Å². The quantitative estimate of drug-likeness (QED) is 0.712. The van der Waals surface area contributed by atoms with Crippen molar-refractivity contribution in [2.45, 2.75) is 25.9 Å². The van der Waals surface area contributed by atoms with Crippen LogP contribution in [0, 0.1) is 0 Å². The van der Waals surface area contributed by atoms with Gasteiger partial charge in [0.05, 0.1) is 12.7 Å². The van der Waals surface area contributed by atoms with Crippen molar-refractivity contribution < 1.29 is 9.84 Å². The average Bonchev–Trinajstić information content (AvgIpc) is 2.57. The molecule has 0 saturated heterocycles. The van der Waals surface area contributed by atoms with Crippen molar-refractivity contribution in [1.82, 2.24) is 0 Å². The zero-order valence-corrected chi connectivity index (χ0v) is 8.72. The van der Waals surface area contributed by atoms with Crippen LogP contribution in [0.4, 0.5) is 0 Å². The summed E-state index contributed by atoms with van der Waals surface area (Å²) in [5, 5.41) is 11.6. The standard InChI is InChI=1S/C10H16O2S/c1-2-5-12-8-9(11)7-10-4-3-6-13-10/h3-4,6,9,11H,2,5,7-8H2,1H3. The van der Waals surface area contributed by atoms with Gasteiger partial charge in [-0.05, 0) is 17.9 Å². The zero-order valence-electron chi connectivity index (χ0n) is 7.90. The van der Waals surface area contributed by atoms with E-state index in [1.807, 2.05) is 17.5 Å². The summed E-state index contributed by atoms with van der Waals surface area (Å²) in [4.78, 5) is 1.22. The molecule has 0 aliphatic carbocycles. The van der Waals surface area contributed by atoms with Crippen molar-refractivity contribution >= 4 is 11.3 Å². The summed E-state index contributed by atoms with van der Waals surface area (Å²) in [6, 6.07) is 4.04. The monoisotopic (exact) mass is 200 g/mol. The molecule has 2 nitrogen and oxygen atoms in total. The highest BCUT2D eigenvalue weighted by Crippen LogP contribution is 2.11. The zero-order chi connectivity index (χ0) is 9.52. The van der Waals surface area contributed by atoms with Crippen LogP contribution in [-0.4, -0.2) is 24.4 Å². The van der Waals surface area contributed by atoms with Crippen LogP contribution in [0.15, 0.2) is 17.5 Å². The highest BCUT2D eigenvalue weighted by atomic mass is 32.1. The lowest BCUT2D eigenvalue weighted by Crippen LogP contribution is -2.17. The maximum atomic E-state index is 9.53. The molecule has 0 spiro atoms. The van der Waals surface area contributed by atoms with Crippen molar-refractivity contribution in [3.63, 3.8) is 0 Å². The lowest BCUT2D eigenvalue weighted by atomic mass is 10.2. The lowest BCUT2D eigenvalue weighted by molar-refractivity contribution is 0.0378. The van der Waals surface area contributed by atoms with E-state index in [1.165, 1.54) is 4.88 Å². The molecule has 1 rings (SSSR count). The number of ether oxygens (including phenoxy) is 1. The van der Waals surface area contributed by atoms with Gasteiger partial charge in [0.1, 0.15) is 0 Å². The fourth-order valence-corrected chi connectivity index (χ4v) is 1.86. The number of aliphatic hydroxyl groups is 1. The van der Waals surface area contributed by atoms with Gasteiger partial charge in [-0.2, -0.15) is 0 Å². The Hall–Kier alpha value is -0.380. The topological polar surface area (TPSA) is 29.5 Å². The van der Waals surface area contributed by atoms with Crippen LogP contribution in [0.3, 0.4) is 0 Å². The summed E-state index contributed by atoms with van der Waals surface area (Å²) in [6.07, 6.45) is 1.36. The third kappa shape index (κ3) is 4.41. The minimum Gasteiger partial charge on any atom is -0.390 e. The van der Waals surface area contributed by atoms with Crippen LogP contribution in [0.1, 0.15) is 18.2 Å². The molecule has 0 saturated carbocycles. The fraction of sp³-hybridized carbons (Fsp3) is 0.600. The van der Waals surface area contributed by atoms with Crippen molar-refractivity contribution in [3.05, 3.63) is 22.4 Å². The van der Waals surface area contributed by atoms with Crippen molar-refractivity contribution in [3.8, 4) is 0 Å². The van der Waals surface area contributed by atoms with E-state index in [1.54, 1.807) is 11.3 Å². The van der Waals surface area contributed by atoms with Gasteiger partial charge in [0, 0.05) is 17.9 Å². The molecule has 0 amide bonds. The maximum absolute atomic E-state index is 9.53. The highest BCUT2D eigenvalue weighted by Gasteiger charge is 2.05. The summed E-state index contributed by atoms with van der Waals surface area (Å²) in [7, 11) is 0. The Labute approximate surface area is 83.2 Å². The van der Waals surface area contributed by atoms with E-state index in [2.05, 4.69) is 6.92 Å². The Morgan fingerprint density at radius 3 is 3.08 bits per heavy atom. The molecule has 13 heavy (non-hydrogen) atoms. The van der Waals surface area contributed by atoms with E-state index in [0.29, 0.717) is 13.0 Å². The first kappa shape index (κ1) is 10.7. The summed E-state index contributed by atoms with van der Waals surface area (Å²) in [5.41, 5.74) is 0. The minimum atomic E-state index is -0.356. The van der Waals surface area contributed by atoms with Crippen molar-refractivity contribution in [1.29, 1.82) is 0 Å². The first-order chi connectivity index (χ1) is 6.33. The van der Waals surface area contributed by atoms with Gasteiger partial charge in [-0.25, -0.2) is 0 Å². The normalized spacial score (nSPS) is 13.1. The molecule has 1 heterocycles. The number of hydrogen-bond donors (Lipinski definition) is 1. The molecule has 1 aromatic rings. The van der Waals surface area contributed by atoms with Crippen LogP contribution in [0.25, 0.3) is 0 Å². The molecule has 0 fully saturated rings. The first-order valence-electron chi connectivity index (χ1n) is 4.61. The van der Waals surface area contributed by atoms with Gasteiger partial charge >= 0.3 is 0 Å².